The molecule has 1 rings (SSSR count). The summed E-state index contributed by atoms with van der Waals surface area (Å²) in [6.45, 7) is 4.38. The second kappa shape index (κ2) is 5.24. The van der Waals surface area contributed by atoms with Gasteiger partial charge in [0.2, 0.25) is 0 Å². The molecule has 0 unspecified atom stereocenters. The number of thioether (sulfide) groups is 1. The predicted molar refractivity (Wildman–Crippen MR) is 53.7 cm³/mol. The average Bonchev–Trinajstić information content (AvgIpc) is 2.53. The SMILES string of the molecule is CC(C)n1ncnc1CSCCO. The van der Waals surface area contributed by atoms with E-state index in [9.17, 15) is 0 Å². The van der Waals surface area contributed by atoms with E-state index in [0.717, 1.165) is 17.3 Å². The first-order valence-electron chi connectivity index (χ1n) is 4.32. The monoisotopic (exact) mass is 201 g/mol. The zero-order chi connectivity index (χ0) is 9.68. The molecule has 1 aromatic rings. The van der Waals surface area contributed by atoms with E-state index in [1.54, 1.807) is 18.1 Å². The molecule has 13 heavy (non-hydrogen) atoms. The van der Waals surface area contributed by atoms with Crippen LogP contribution < -0.4 is 0 Å². The van der Waals surface area contributed by atoms with Crippen LogP contribution in [-0.4, -0.2) is 32.2 Å². The van der Waals surface area contributed by atoms with Gasteiger partial charge in [0, 0.05) is 11.8 Å². The van der Waals surface area contributed by atoms with Crippen molar-refractivity contribution in [2.45, 2.75) is 25.6 Å². The van der Waals surface area contributed by atoms with Crippen molar-refractivity contribution in [3.63, 3.8) is 0 Å². The van der Waals surface area contributed by atoms with Gasteiger partial charge in [-0.15, -0.1) is 0 Å². The summed E-state index contributed by atoms with van der Waals surface area (Å²) in [7, 11) is 0. The number of hydrogen-bond donors (Lipinski definition) is 1. The summed E-state index contributed by atoms with van der Waals surface area (Å²) in [5, 5.41) is 12.7. The van der Waals surface area contributed by atoms with Crippen molar-refractivity contribution in [2.75, 3.05) is 12.4 Å². The summed E-state index contributed by atoms with van der Waals surface area (Å²) in [5.74, 6) is 2.55. The molecule has 0 atom stereocenters. The number of aromatic nitrogens is 3. The van der Waals surface area contributed by atoms with E-state index in [0.29, 0.717) is 6.04 Å². The molecular weight excluding hydrogens is 186 g/mol. The van der Waals surface area contributed by atoms with Crippen molar-refractivity contribution in [2.24, 2.45) is 0 Å². The van der Waals surface area contributed by atoms with Crippen molar-refractivity contribution in [1.82, 2.24) is 14.8 Å². The maximum Gasteiger partial charge on any atom is 0.138 e. The van der Waals surface area contributed by atoms with Gasteiger partial charge in [-0.1, -0.05) is 0 Å². The summed E-state index contributed by atoms with van der Waals surface area (Å²) in [6.07, 6.45) is 1.58. The van der Waals surface area contributed by atoms with Crippen molar-refractivity contribution in [3.8, 4) is 0 Å². The van der Waals surface area contributed by atoms with Crippen molar-refractivity contribution < 1.29 is 5.11 Å². The van der Waals surface area contributed by atoms with Gasteiger partial charge in [-0.25, -0.2) is 9.67 Å². The molecule has 0 aliphatic carbocycles. The van der Waals surface area contributed by atoms with Crippen LogP contribution in [0.25, 0.3) is 0 Å². The molecule has 74 valence electrons. The van der Waals surface area contributed by atoms with Crippen molar-refractivity contribution in [1.29, 1.82) is 0 Å². The number of aliphatic hydroxyl groups excluding tert-OH is 1. The van der Waals surface area contributed by atoms with Crippen LogP contribution in [0.5, 0.6) is 0 Å². The lowest BCUT2D eigenvalue weighted by Crippen LogP contribution is -2.07. The molecule has 0 bridgehead atoms. The standard InChI is InChI=1S/C8H15N3OS/c1-7(2)11-8(9-6-10-11)5-13-4-3-12/h6-7,12H,3-5H2,1-2H3. The Bertz CT molecular complexity index is 249. The zero-order valence-electron chi connectivity index (χ0n) is 7.97. The Morgan fingerprint density at radius 1 is 1.62 bits per heavy atom. The quantitative estimate of drug-likeness (QED) is 0.724. The van der Waals surface area contributed by atoms with E-state index in [1.807, 2.05) is 4.68 Å². The molecule has 0 aliphatic heterocycles. The van der Waals surface area contributed by atoms with Crippen LogP contribution in [0.2, 0.25) is 0 Å². The van der Waals surface area contributed by atoms with Crippen LogP contribution in [-0.2, 0) is 5.75 Å². The molecule has 4 nitrogen and oxygen atoms in total. The fourth-order valence-electron chi connectivity index (χ4n) is 1.04. The highest BCUT2D eigenvalue weighted by Gasteiger charge is 2.06. The molecule has 5 heteroatoms. The molecule has 0 fully saturated rings. The minimum atomic E-state index is 0.223. The van der Waals surface area contributed by atoms with Crippen LogP contribution in [0.4, 0.5) is 0 Å². The topological polar surface area (TPSA) is 50.9 Å². The molecule has 0 amide bonds. The lowest BCUT2D eigenvalue weighted by Gasteiger charge is -2.08. The Labute approximate surface area is 82.4 Å². The lowest BCUT2D eigenvalue weighted by atomic mass is 10.4. The average molecular weight is 201 g/mol. The Morgan fingerprint density at radius 3 is 3.00 bits per heavy atom. The van der Waals surface area contributed by atoms with Crippen LogP contribution in [0, 0.1) is 0 Å². The van der Waals surface area contributed by atoms with E-state index in [4.69, 9.17) is 5.11 Å². The molecule has 0 aromatic carbocycles. The molecule has 0 saturated carbocycles. The molecule has 0 radical (unpaired) electrons. The van der Waals surface area contributed by atoms with Gasteiger partial charge in [0.25, 0.3) is 0 Å². The minimum Gasteiger partial charge on any atom is -0.396 e. The van der Waals surface area contributed by atoms with Crippen molar-refractivity contribution >= 4 is 11.8 Å². The molecule has 1 N–H and O–H groups in total. The van der Waals surface area contributed by atoms with Crippen LogP contribution >= 0.6 is 11.8 Å². The van der Waals surface area contributed by atoms with Gasteiger partial charge in [0.1, 0.15) is 12.2 Å². The number of hydrogen-bond acceptors (Lipinski definition) is 4. The van der Waals surface area contributed by atoms with Gasteiger partial charge in [-0.2, -0.15) is 16.9 Å². The molecular formula is C8H15N3OS. The van der Waals surface area contributed by atoms with Crippen molar-refractivity contribution in [3.05, 3.63) is 12.2 Å². The van der Waals surface area contributed by atoms with Crippen LogP contribution in [0.3, 0.4) is 0 Å². The van der Waals surface area contributed by atoms with Gasteiger partial charge in [0.15, 0.2) is 0 Å². The summed E-state index contributed by atoms with van der Waals surface area (Å²) in [6, 6.07) is 0.354. The third-order valence-corrected chi connectivity index (χ3v) is 2.54. The Balaban J connectivity index is 2.50. The second-order valence-electron chi connectivity index (χ2n) is 2.99. The first-order valence-corrected chi connectivity index (χ1v) is 5.48. The number of rotatable bonds is 5. The fourth-order valence-corrected chi connectivity index (χ4v) is 1.70. The Hall–Kier alpha value is -0.550. The molecule has 1 heterocycles. The minimum absolute atomic E-state index is 0.223. The van der Waals surface area contributed by atoms with Crippen LogP contribution in [0.15, 0.2) is 6.33 Å². The molecule has 0 spiro atoms. The van der Waals surface area contributed by atoms with Gasteiger partial charge in [-0.05, 0) is 13.8 Å². The maximum absolute atomic E-state index is 8.61. The summed E-state index contributed by atoms with van der Waals surface area (Å²) >= 11 is 1.67. The van der Waals surface area contributed by atoms with E-state index in [1.165, 1.54) is 0 Å². The third-order valence-electron chi connectivity index (χ3n) is 1.60. The fraction of sp³-hybridized carbons (Fsp3) is 0.750. The first kappa shape index (κ1) is 10.5. The summed E-state index contributed by atoms with van der Waals surface area (Å²) in [5.41, 5.74) is 0. The second-order valence-corrected chi connectivity index (χ2v) is 4.10. The molecule has 0 aliphatic rings. The van der Waals surface area contributed by atoms with Gasteiger partial charge in [0.05, 0.1) is 12.4 Å². The van der Waals surface area contributed by atoms with Crippen LogP contribution in [0.1, 0.15) is 25.7 Å². The number of aliphatic hydroxyl groups is 1. The molecule has 1 aromatic heterocycles. The highest BCUT2D eigenvalue weighted by atomic mass is 32.2. The smallest absolute Gasteiger partial charge is 0.138 e. The first-order chi connectivity index (χ1) is 6.25. The number of nitrogens with zero attached hydrogens (tertiary/aromatic N) is 3. The Morgan fingerprint density at radius 2 is 2.38 bits per heavy atom. The third kappa shape index (κ3) is 3.00. The van der Waals surface area contributed by atoms with E-state index in [2.05, 4.69) is 23.9 Å². The van der Waals surface area contributed by atoms with Gasteiger partial charge in [-0.3, -0.25) is 0 Å². The van der Waals surface area contributed by atoms with E-state index >= 15 is 0 Å². The lowest BCUT2D eigenvalue weighted by molar-refractivity contribution is 0.322. The summed E-state index contributed by atoms with van der Waals surface area (Å²) in [4.78, 5) is 4.16. The normalized spacial score (nSPS) is 11.1. The highest BCUT2D eigenvalue weighted by molar-refractivity contribution is 7.98. The predicted octanol–water partition coefficient (Wildman–Crippen LogP) is 1.08. The maximum atomic E-state index is 8.61. The zero-order valence-corrected chi connectivity index (χ0v) is 8.79. The van der Waals surface area contributed by atoms with E-state index in [-0.39, 0.29) is 6.61 Å². The summed E-state index contributed by atoms with van der Waals surface area (Å²) < 4.78 is 1.91. The Kier molecular flexibility index (Phi) is 4.24. The van der Waals surface area contributed by atoms with Gasteiger partial charge >= 0.3 is 0 Å². The highest BCUT2D eigenvalue weighted by Crippen LogP contribution is 2.12. The van der Waals surface area contributed by atoms with Gasteiger partial charge < -0.3 is 5.11 Å². The van der Waals surface area contributed by atoms with E-state index < -0.39 is 0 Å². The largest absolute Gasteiger partial charge is 0.396 e. The molecule has 0 saturated heterocycles.